The van der Waals surface area contributed by atoms with Gasteiger partial charge in [-0.1, -0.05) is 164 Å². The molecule has 0 aliphatic carbocycles. The summed E-state index contributed by atoms with van der Waals surface area (Å²) < 4.78 is 48.1. The first-order chi connectivity index (χ1) is 31.0. The van der Waals surface area contributed by atoms with Crippen LogP contribution in [-0.2, 0) is 78.2 Å². The second-order valence-corrected chi connectivity index (χ2v) is 16.8. The molecule has 6 aromatic rings. The number of fused-ring (bicyclic) bond motifs is 2. The van der Waals surface area contributed by atoms with E-state index in [0.29, 0.717) is 33.0 Å². The molecule has 0 spiro atoms. The predicted octanol–water partition coefficient (Wildman–Crippen LogP) is 11.0. The predicted molar refractivity (Wildman–Crippen MR) is 247 cm³/mol. The fraction of sp³-hybridized carbons (Fsp3) is 0.321. The molecule has 7 heteroatoms. The number of hydrogen-bond acceptors (Lipinski definition) is 7. The lowest BCUT2D eigenvalue weighted by atomic mass is 9.82. The van der Waals surface area contributed by atoms with Gasteiger partial charge in [0.1, 0.15) is 23.9 Å². The minimum absolute atomic E-state index is 0.211. The van der Waals surface area contributed by atoms with Crippen LogP contribution in [0.3, 0.4) is 0 Å². The van der Waals surface area contributed by atoms with Crippen molar-refractivity contribution in [2.45, 2.75) is 88.7 Å². The molecule has 2 aliphatic heterocycles. The van der Waals surface area contributed by atoms with Crippen molar-refractivity contribution < 1.29 is 33.2 Å². The van der Waals surface area contributed by atoms with Gasteiger partial charge in [-0.3, -0.25) is 0 Å². The van der Waals surface area contributed by atoms with Gasteiger partial charge in [-0.05, 0) is 83.2 Å². The Hall–Kier alpha value is -5.22. The highest BCUT2D eigenvalue weighted by Gasteiger charge is 2.69. The van der Waals surface area contributed by atoms with Gasteiger partial charge in [-0.2, -0.15) is 0 Å². The molecular formula is C56H60O7. The Kier molecular flexibility index (Phi) is 15.4. The highest BCUT2D eigenvalue weighted by Crippen LogP contribution is 2.53. The molecule has 2 fully saturated rings. The summed E-state index contributed by atoms with van der Waals surface area (Å²) in [7, 11) is 0. The lowest BCUT2D eigenvalue weighted by Crippen LogP contribution is -2.67. The first-order valence-corrected chi connectivity index (χ1v) is 22.3. The zero-order valence-corrected chi connectivity index (χ0v) is 36.4. The number of rotatable bonds is 23. The van der Waals surface area contributed by atoms with Crippen molar-refractivity contribution in [2.75, 3.05) is 26.4 Å². The SMILES string of the molecule is C=CCOCCCCc1ccc(Cc2cc([C@]34OC[C@](COCc5ccccc5)(O3)[C@@H](OCc3ccccc3)[C@H](OCc3ccccc3)[C@H]4OCc3ccccc3)ccc2C)cc1. The Bertz CT molecular complexity index is 2290. The molecule has 326 valence electrons. The molecule has 2 bridgehead atoms. The summed E-state index contributed by atoms with van der Waals surface area (Å²) in [6.07, 6.45) is 3.70. The Labute approximate surface area is 373 Å². The summed E-state index contributed by atoms with van der Waals surface area (Å²) in [5, 5.41) is 0. The minimum Gasteiger partial charge on any atom is -0.377 e. The van der Waals surface area contributed by atoms with Gasteiger partial charge in [0.25, 0.3) is 0 Å². The summed E-state index contributed by atoms with van der Waals surface area (Å²) in [6.45, 7) is 9.10. The lowest BCUT2D eigenvalue weighted by molar-refractivity contribution is -0.354. The van der Waals surface area contributed by atoms with Crippen LogP contribution in [0.25, 0.3) is 0 Å². The molecule has 2 aliphatic rings. The summed E-state index contributed by atoms with van der Waals surface area (Å²) in [5.74, 6) is -1.35. The van der Waals surface area contributed by atoms with Gasteiger partial charge in [0.2, 0.25) is 5.79 Å². The smallest absolute Gasteiger partial charge is 0.225 e. The molecule has 5 atom stereocenters. The van der Waals surface area contributed by atoms with Crippen LogP contribution in [0.4, 0.5) is 0 Å². The summed E-state index contributed by atoms with van der Waals surface area (Å²) >= 11 is 0. The van der Waals surface area contributed by atoms with Crippen molar-refractivity contribution in [3.05, 3.63) is 227 Å². The molecule has 2 saturated heterocycles. The molecule has 0 radical (unpaired) electrons. The topological polar surface area (TPSA) is 64.6 Å². The average molecular weight is 845 g/mol. The fourth-order valence-corrected chi connectivity index (χ4v) is 8.66. The number of unbranched alkanes of at least 4 members (excludes halogenated alkanes) is 1. The van der Waals surface area contributed by atoms with E-state index in [4.69, 9.17) is 33.2 Å². The third-order valence-electron chi connectivity index (χ3n) is 12.1. The quantitative estimate of drug-likeness (QED) is 0.0470. The monoisotopic (exact) mass is 844 g/mol. The third kappa shape index (κ3) is 11.3. The maximum Gasteiger partial charge on any atom is 0.225 e. The minimum atomic E-state index is -1.35. The second kappa shape index (κ2) is 21.9. The maximum atomic E-state index is 7.52. The van der Waals surface area contributed by atoms with E-state index >= 15 is 0 Å². The van der Waals surface area contributed by atoms with E-state index in [1.165, 1.54) is 22.3 Å². The highest BCUT2D eigenvalue weighted by atomic mass is 16.8. The van der Waals surface area contributed by atoms with Gasteiger partial charge in [-0.15, -0.1) is 6.58 Å². The van der Waals surface area contributed by atoms with E-state index < -0.39 is 29.7 Å². The number of benzene rings is 6. The third-order valence-corrected chi connectivity index (χ3v) is 12.1. The van der Waals surface area contributed by atoms with Gasteiger partial charge < -0.3 is 33.2 Å². The van der Waals surface area contributed by atoms with Crippen molar-refractivity contribution in [3.63, 3.8) is 0 Å². The average Bonchev–Trinajstić information content (AvgIpc) is 3.68. The lowest BCUT2D eigenvalue weighted by Gasteiger charge is -2.51. The van der Waals surface area contributed by atoms with E-state index in [9.17, 15) is 0 Å². The van der Waals surface area contributed by atoms with Crippen molar-refractivity contribution in [2.24, 2.45) is 0 Å². The van der Waals surface area contributed by atoms with Gasteiger partial charge in [0, 0.05) is 12.2 Å². The first-order valence-electron chi connectivity index (χ1n) is 22.3. The van der Waals surface area contributed by atoms with E-state index in [0.717, 1.165) is 60.1 Å². The zero-order valence-electron chi connectivity index (χ0n) is 36.4. The maximum absolute atomic E-state index is 7.52. The Balaban J connectivity index is 1.14. The standard InChI is InChI=1S/C56H60O7/c1-3-33-57-34-17-16-18-44-28-30-45(31-29-44)35-50-36-51(32-27-43(50)2)56-54(61-40-49-25-14-7-15-26-49)52(59-38-47-21-10-5-11-22-47)53(60-39-48-23-12-6-13-24-48)55(63-56,42-62-56)41-58-37-46-19-8-4-9-20-46/h3-15,19-32,36,52-54H,1,16-18,33-35,37-42H2,2H3/t52-,53-,54+,55-,56-/m0/s1. The van der Waals surface area contributed by atoms with E-state index in [1.54, 1.807) is 6.08 Å². The molecule has 0 N–H and O–H groups in total. The van der Waals surface area contributed by atoms with Gasteiger partial charge in [0.15, 0.2) is 0 Å². The first kappa shape index (κ1) is 44.4. The van der Waals surface area contributed by atoms with Crippen molar-refractivity contribution in [3.8, 4) is 0 Å². The van der Waals surface area contributed by atoms with Crippen LogP contribution in [0.2, 0.25) is 0 Å². The zero-order chi connectivity index (χ0) is 43.2. The largest absolute Gasteiger partial charge is 0.377 e. The molecular weight excluding hydrogens is 785 g/mol. The van der Waals surface area contributed by atoms with Crippen LogP contribution in [0.15, 0.2) is 176 Å². The van der Waals surface area contributed by atoms with Crippen molar-refractivity contribution in [1.82, 2.24) is 0 Å². The van der Waals surface area contributed by atoms with Crippen LogP contribution in [0.5, 0.6) is 0 Å². The van der Waals surface area contributed by atoms with Crippen LogP contribution in [-0.4, -0.2) is 50.3 Å². The van der Waals surface area contributed by atoms with Gasteiger partial charge >= 0.3 is 0 Å². The van der Waals surface area contributed by atoms with Crippen molar-refractivity contribution >= 4 is 0 Å². The summed E-state index contributed by atoms with van der Waals surface area (Å²) in [5.41, 5.74) is 8.96. The summed E-state index contributed by atoms with van der Waals surface area (Å²) in [6, 6.07) is 56.4. The molecule has 0 amide bonds. The normalized spacial score (nSPS) is 21.6. The number of aryl methyl sites for hydroxylation is 2. The second-order valence-electron chi connectivity index (χ2n) is 16.8. The molecule has 6 aromatic carbocycles. The molecule has 7 nitrogen and oxygen atoms in total. The van der Waals surface area contributed by atoms with E-state index in [1.807, 2.05) is 72.8 Å². The Morgan fingerprint density at radius 2 is 1.14 bits per heavy atom. The molecule has 2 heterocycles. The molecule has 0 aromatic heterocycles. The number of hydrogen-bond donors (Lipinski definition) is 0. The van der Waals surface area contributed by atoms with Crippen LogP contribution >= 0.6 is 0 Å². The number of ether oxygens (including phenoxy) is 7. The highest BCUT2D eigenvalue weighted by molar-refractivity contribution is 5.40. The Morgan fingerprint density at radius 1 is 0.587 bits per heavy atom. The molecule has 8 rings (SSSR count). The van der Waals surface area contributed by atoms with Crippen LogP contribution in [0.1, 0.15) is 62.9 Å². The molecule has 0 saturated carbocycles. The van der Waals surface area contributed by atoms with E-state index in [-0.39, 0.29) is 13.2 Å². The fourth-order valence-electron chi connectivity index (χ4n) is 8.66. The van der Waals surface area contributed by atoms with Crippen LogP contribution in [0, 0.1) is 6.92 Å². The Morgan fingerprint density at radius 3 is 1.75 bits per heavy atom. The van der Waals surface area contributed by atoms with Gasteiger partial charge in [0.05, 0.1) is 46.2 Å². The van der Waals surface area contributed by atoms with Gasteiger partial charge in [-0.25, -0.2) is 0 Å². The van der Waals surface area contributed by atoms with Crippen molar-refractivity contribution in [1.29, 1.82) is 0 Å². The molecule has 63 heavy (non-hydrogen) atoms. The summed E-state index contributed by atoms with van der Waals surface area (Å²) in [4.78, 5) is 0. The molecule has 0 unspecified atom stereocenters. The van der Waals surface area contributed by atoms with E-state index in [2.05, 4.69) is 104 Å². The van der Waals surface area contributed by atoms with Crippen LogP contribution < -0.4 is 0 Å².